The van der Waals surface area contributed by atoms with Crippen LogP contribution in [0.3, 0.4) is 0 Å². The summed E-state index contributed by atoms with van der Waals surface area (Å²) in [6, 6.07) is 0.189. The van der Waals surface area contributed by atoms with Gasteiger partial charge < -0.3 is 10.1 Å². The van der Waals surface area contributed by atoms with E-state index in [1.807, 2.05) is 4.68 Å². The maximum absolute atomic E-state index is 11.8. The van der Waals surface area contributed by atoms with Crippen molar-refractivity contribution < 1.29 is 9.53 Å². The molecule has 1 aliphatic carbocycles. The predicted octanol–water partition coefficient (Wildman–Crippen LogP) is 1.39. The Bertz CT molecular complexity index is 421. The van der Waals surface area contributed by atoms with Crippen molar-refractivity contribution in [2.45, 2.75) is 30.8 Å². The SMILES string of the molecule is CNC1(C(=O)OC)CCC(n2cc(Cl)cn2)C1. The fourth-order valence-corrected chi connectivity index (χ4v) is 2.61. The van der Waals surface area contributed by atoms with E-state index in [4.69, 9.17) is 16.3 Å². The number of nitrogens with zero attached hydrogens (tertiary/aromatic N) is 2. The third-order valence-electron chi connectivity index (χ3n) is 3.49. The maximum Gasteiger partial charge on any atom is 0.326 e. The van der Waals surface area contributed by atoms with E-state index in [0.29, 0.717) is 11.4 Å². The van der Waals surface area contributed by atoms with Crippen molar-refractivity contribution in [1.82, 2.24) is 15.1 Å². The zero-order chi connectivity index (χ0) is 12.5. The first-order valence-electron chi connectivity index (χ1n) is 5.58. The monoisotopic (exact) mass is 257 g/mol. The number of rotatable bonds is 3. The van der Waals surface area contributed by atoms with Crippen LogP contribution in [0.15, 0.2) is 12.4 Å². The van der Waals surface area contributed by atoms with Crippen molar-refractivity contribution in [1.29, 1.82) is 0 Å². The molecule has 1 saturated carbocycles. The van der Waals surface area contributed by atoms with Crippen molar-refractivity contribution >= 4 is 17.6 Å². The summed E-state index contributed by atoms with van der Waals surface area (Å²) in [5.41, 5.74) is -0.585. The topological polar surface area (TPSA) is 56.1 Å². The lowest BCUT2D eigenvalue weighted by molar-refractivity contribution is -0.148. The number of carbonyl (C=O) groups is 1. The lowest BCUT2D eigenvalue weighted by atomic mass is 9.98. The Morgan fingerprint density at radius 1 is 1.76 bits per heavy atom. The maximum atomic E-state index is 11.8. The number of nitrogens with one attached hydrogen (secondary N) is 1. The molecule has 1 N–H and O–H groups in total. The number of halogens is 1. The van der Waals surface area contributed by atoms with Gasteiger partial charge in [0.15, 0.2) is 0 Å². The van der Waals surface area contributed by atoms with Gasteiger partial charge in [0.1, 0.15) is 5.54 Å². The molecule has 2 atom stereocenters. The number of hydrogen-bond donors (Lipinski definition) is 1. The first-order chi connectivity index (χ1) is 8.11. The minimum absolute atomic E-state index is 0.189. The molecule has 0 aliphatic heterocycles. The number of aromatic nitrogens is 2. The molecule has 17 heavy (non-hydrogen) atoms. The van der Waals surface area contributed by atoms with Gasteiger partial charge in [0, 0.05) is 6.20 Å². The van der Waals surface area contributed by atoms with Gasteiger partial charge in [0.2, 0.25) is 0 Å². The second-order valence-corrected chi connectivity index (χ2v) is 4.80. The molecular weight excluding hydrogens is 242 g/mol. The van der Waals surface area contributed by atoms with Crippen LogP contribution in [0.4, 0.5) is 0 Å². The second kappa shape index (κ2) is 4.66. The van der Waals surface area contributed by atoms with Crippen molar-refractivity contribution in [3.8, 4) is 0 Å². The van der Waals surface area contributed by atoms with Crippen LogP contribution in [0, 0.1) is 0 Å². The van der Waals surface area contributed by atoms with Crippen LogP contribution < -0.4 is 5.32 Å². The van der Waals surface area contributed by atoms with E-state index in [1.165, 1.54) is 7.11 Å². The van der Waals surface area contributed by atoms with Gasteiger partial charge in [0.05, 0.1) is 24.4 Å². The molecule has 1 aromatic rings. The summed E-state index contributed by atoms with van der Waals surface area (Å²) < 4.78 is 6.68. The molecule has 1 fully saturated rings. The highest BCUT2D eigenvalue weighted by Crippen LogP contribution is 2.38. The Labute approximate surface area is 105 Å². The van der Waals surface area contributed by atoms with Crippen LogP contribution in [0.5, 0.6) is 0 Å². The van der Waals surface area contributed by atoms with Gasteiger partial charge in [0.25, 0.3) is 0 Å². The van der Waals surface area contributed by atoms with Crippen LogP contribution in [-0.4, -0.2) is 35.4 Å². The van der Waals surface area contributed by atoms with E-state index >= 15 is 0 Å². The van der Waals surface area contributed by atoms with Crippen molar-refractivity contribution in [2.24, 2.45) is 0 Å². The molecular formula is C11H16ClN3O2. The third kappa shape index (κ3) is 2.17. The molecule has 1 aromatic heterocycles. The number of esters is 1. The minimum Gasteiger partial charge on any atom is -0.468 e. The highest BCUT2D eigenvalue weighted by Gasteiger charge is 2.45. The van der Waals surface area contributed by atoms with E-state index in [2.05, 4.69) is 10.4 Å². The molecule has 0 saturated heterocycles. The summed E-state index contributed by atoms with van der Waals surface area (Å²) in [6.07, 6.45) is 5.70. The molecule has 0 spiro atoms. The van der Waals surface area contributed by atoms with E-state index in [-0.39, 0.29) is 12.0 Å². The molecule has 0 bridgehead atoms. The minimum atomic E-state index is -0.585. The molecule has 1 aliphatic rings. The molecule has 2 rings (SSSR count). The summed E-state index contributed by atoms with van der Waals surface area (Å²) in [7, 11) is 3.20. The van der Waals surface area contributed by atoms with Gasteiger partial charge in [-0.15, -0.1) is 0 Å². The van der Waals surface area contributed by atoms with Gasteiger partial charge in [-0.3, -0.25) is 9.48 Å². The van der Waals surface area contributed by atoms with Crippen molar-refractivity contribution in [2.75, 3.05) is 14.2 Å². The van der Waals surface area contributed by atoms with Crippen LogP contribution in [0.25, 0.3) is 0 Å². The van der Waals surface area contributed by atoms with Crippen molar-refractivity contribution in [3.63, 3.8) is 0 Å². The second-order valence-electron chi connectivity index (χ2n) is 4.36. The van der Waals surface area contributed by atoms with Gasteiger partial charge in [-0.05, 0) is 26.3 Å². The Kier molecular flexibility index (Phi) is 3.40. The standard InChI is InChI=1S/C11H16ClN3O2/c1-13-11(10(16)17-2)4-3-9(5-11)15-7-8(12)6-14-15/h6-7,9,13H,3-5H2,1-2H3. The molecule has 0 aromatic carbocycles. The summed E-state index contributed by atoms with van der Waals surface area (Å²) >= 11 is 5.84. The summed E-state index contributed by atoms with van der Waals surface area (Å²) in [5, 5.41) is 7.89. The summed E-state index contributed by atoms with van der Waals surface area (Å²) in [5.74, 6) is -0.208. The van der Waals surface area contributed by atoms with Crippen LogP contribution in [0.2, 0.25) is 5.02 Å². The van der Waals surface area contributed by atoms with Crippen LogP contribution in [0.1, 0.15) is 25.3 Å². The lowest BCUT2D eigenvalue weighted by Crippen LogP contribution is -2.49. The van der Waals surface area contributed by atoms with Gasteiger partial charge in [-0.2, -0.15) is 5.10 Å². The Morgan fingerprint density at radius 2 is 2.53 bits per heavy atom. The molecule has 0 amide bonds. The van der Waals surface area contributed by atoms with E-state index in [0.717, 1.165) is 12.8 Å². The Balaban J connectivity index is 2.15. The fraction of sp³-hybridized carbons (Fsp3) is 0.636. The smallest absolute Gasteiger partial charge is 0.326 e. The van der Waals surface area contributed by atoms with Gasteiger partial charge in [-0.1, -0.05) is 11.6 Å². The van der Waals surface area contributed by atoms with Gasteiger partial charge in [-0.25, -0.2) is 0 Å². The van der Waals surface area contributed by atoms with Crippen molar-refractivity contribution in [3.05, 3.63) is 17.4 Å². The largest absolute Gasteiger partial charge is 0.468 e. The molecule has 94 valence electrons. The van der Waals surface area contributed by atoms with Crippen LogP contribution >= 0.6 is 11.6 Å². The Morgan fingerprint density at radius 3 is 3.06 bits per heavy atom. The quantitative estimate of drug-likeness (QED) is 0.832. The lowest BCUT2D eigenvalue weighted by Gasteiger charge is -2.25. The average Bonchev–Trinajstić information content (AvgIpc) is 2.94. The number of hydrogen-bond acceptors (Lipinski definition) is 4. The first kappa shape index (κ1) is 12.4. The van der Waals surface area contributed by atoms with E-state index in [9.17, 15) is 4.79 Å². The van der Waals surface area contributed by atoms with E-state index in [1.54, 1.807) is 19.4 Å². The summed E-state index contributed by atoms with van der Waals surface area (Å²) in [4.78, 5) is 11.8. The number of methoxy groups -OCH3 is 1. The fourth-order valence-electron chi connectivity index (χ4n) is 2.47. The molecule has 6 heteroatoms. The number of carbonyl (C=O) groups excluding carboxylic acids is 1. The van der Waals surface area contributed by atoms with Crippen LogP contribution in [-0.2, 0) is 9.53 Å². The molecule has 2 unspecified atom stereocenters. The third-order valence-corrected chi connectivity index (χ3v) is 3.68. The molecule has 5 nitrogen and oxygen atoms in total. The summed E-state index contributed by atoms with van der Waals surface area (Å²) in [6.45, 7) is 0. The van der Waals surface area contributed by atoms with Gasteiger partial charge >= 0.3 is 5.97 Å². The zero-order valence-corrected chi connectivity index (χ0v) is 10.7. The Hall–Kier alpha value is -1.07. The molecule has 1 heterocycles. The normalized spacial score (nSPS) is 28.3. The highest BCUT2D eigenvalue weighted by molar-refractivity contribution is 6.30. The zero-order valence-electron chi connectivity index (χ0n) is 9.94. The molecule has 0 radical (unpaired) electrons. The predicted molar refractivity (Wildman–Crippen MR) is 63.9 cm³/mol. The highest BCUT2D eigenvalue weighted by atomic mass is 35.5. The number of likely N-dealkylation sites (N-methyl/N-ethyl adjacent to an activating group) is 1. The van der Waals surface area contributed by atoms with E-state index < -0.39 is 5.54 Å². The number of ether oxygens (including phenoxy) is 1. The average molecular weight is 258 g/mol. The first-order valence-corrected chi connectivity index (χ1v) is 5.96.